The maximum Gasteiger partial charge on any atom is 0.325 e. The predicted octanol–water partition coefficient (Wildman–Crippen LogP) is -2.24. The Morgan fingerprint density at radius 3 is 1.21 bits per heavy atom. The third-order valence-electron chi connectivity index (χ3n) is 3.99. The van der Waals surface area contributed by atoms with Gasteiger partial charge in [-0.1, -0.05) is 0 Å². The number of aromatic nitrogens is 3. The summed E-state index contributed by atoms with van der Waals surface area (Å²) in [5.74, 6) is -4.20. The highest BCUT2D eigenvalue weighted by Crippen LogP contribution is 2.17. The molecule has 0 atom stereocenters. The zero-order valence-electron chi connectivity index (χ0n) is 19.4. The number of esters is 5. The number of carbonyl (C=O) groups excluding carboxylic acids is 5. The molecule has 1 aromatic rings. The van der Waals surface area contributed by atoms with Crippen LogP contribution in [0.3, 0.4) is 0 Å². The van der Waals surface area contributed by atoms with Crippen molar-refractivity contribution in [3.63, 3.8) is 0 Å². The fourth-order valence-corrected chi connectivity index (χ4v) is 2.22. The Bertz CT molecular complexity index is 802. The van der Waals surface area contributed by atoms with Gasteiger partial charge < -0.3 is 38.8 Å². The summed E-state index contributed by atoms with van der Waals surface area (Å²) < 4.78 is 23.1. The van der Waals surface area contributed by atoms with E-state index in [0.717, 1.165) is 38.2 Å². The van der Waals surface area contributed by atoms with E-state index < -0.39 is 56.0 Å². The number of rotatable bonds is 13. The molecule has 0 unspecified atom stereocenters. The molecule has 0 saturated carbocycles. The lowest BCUT2D eigenvalue weighted by Crippen LogP contribution is -2.39. The third kappa shape index (κ3) is 9.09. The standard InChI is InChI=1S/C18H26N6O10/c1-30-11(25)6-19-16-20-17(23(7-12(26)31-2)8-13(27)32-3)22-18(21-16)24(9-14(28)33-4)10-15(29)34-5/h6-10H2,1-5H3,(H,19,20,21,22). The molecule has 0 aromatic carbocycles. The van der Waals surface area contributed by atoms with Gasteiger partial charge in [-0.2, -0.15) is 15.0 Å². The number of carbonyl (C=O) groups is 5. The Kier molecular flexibility index (Phi) is 11.5. The van der Waals surface area contributed by atoms with Crippen molar-refractivity contribution in [2.24, 2.45) is 0 Å². The van der Waals surface area contributed by atoms with E-state index in [2.05, 4.69) is 44.0 Å². The largest absolute Gasteiger partial charge is 0.468 e. The molecular weight excluding hydrogens is 460 g/mol. The third-order valence-corrected chi connectivity index (χ3v) is 3.99. The summed E-state index contributed by atoms with van der Waals surface area (Å²) in [6.45, 7) is -2.18. The normalized spacial score (nSPS) is 9.91. The molecular formula is C18H26N6O10. The van der Waals surface area contributed by atoms with E-state index in [0.29, 0.717) is 0 Å². The quantitative estimate of drug-likeness (QED) is 0.232. The first-order chi connectivity index (χ1) is 16.2. The maximum atomic E-state index is 11.9. The first kappa shape index (κ1) is 27.8. The number of hydrogen-bond donors (Lipinski definition) is 1. The highest BCUT2D eigenvalue weighted by Gasteiger charge is 2.25. The van der Waals surface area contributed by atoms with Crippen molar-refractivity contribution in [2.45, 2.75) is 0 Å². The molecule has 0 aliphatic carbocycles. The average molecular weight is 486 g/mol. The van der Waals surface area contributed by atoms with Crippen LogP contribution >= 0.6 is 0 Å². The van der Waals surface area contributed by atoms with Crippen molar-refractivity contribution in [3.8, 4) is 0 Å². The molecule has 0 saturated heterocycles. The highest BCUT2D eigenvalue weighted by atomic mass is 16.5. The van der Waals surface area contributed by atoms with Crippen LogP contribution in [0.2, 0.25) is 0 Å². The topological polar surface area (TPSA) is 189 Å². The van der Waals surface area contributed by atoms with Gasteiger partial charge in [-0.05, 0) is 0 Å². The first-order valence-corrected chi connectivity index (χ1v) is 9.51. The van der Waals surface area contributed by atoms with Crippen molar-refractivity contribution in [3.05, 3.63) is 0 Å². The van der Waals surface area contributed by atoms with Crippen LogP contribution in [0.4, 0.5) is 17.8 Å². The van der Waals surface area contributed by atoms with E-state index in [1.165, 1.54) is 7.11 Å². The van der Waals surface area contributed by atoms with Gasteiger partial charge in [0.2, 0.25) is 17.8 Å². The molecule has 0 bridgehead atoms. The summed E-state index contributed by atoms with van der Waals surface area (Å²) in [7, 11) is 5.77. The van der Waals surface area contributed by atoms with Gasteiger partial charge in [0.1, 0.15) is 32.7 Å². The molecule has 1 N–H and O–H groups in total. The molecule has 0 fully saturated rings. The lowest BCUT2D eigenvalue weighted by Gasteiger charge is -2.24. The van der Waals surface area contributed by atoms with Gasteiger partial charge in [0.25, 0.3) is 0 Å². The maximum absolute atomic E-state index is 11.9. The first-order valence-electron chi connectivity index (χ1n) is 9.51. The summed E-state index contributed by atoms with van der Waals surface area (Å²) in [5.41, 5.74) is 0. The fraction of sp³-hybridized carbons (Fsp3) is 0.556. The monoisotopic (exact) mass is 486 g/mol. The second-order valence-corrected chi connectivity index (χ2v) is 6.21. The van der Waals surface area contributed by atoms with E-state index in [9.17, 15) is 24.0 Å². The molecule has 16 heteroatoms. The van der Waals surface area contributed by atoms with Gasteiger partial charge in [0.05, 0.1) is 35.5 Å². The zero-order valence-corrected chi connectivity index (χ0v) is 19.4. The summed E-state index contributed by atoms with van der Waals surface area (Å²) in [4.78, 5) is 73.7. The zero-order chi connectivity index (χ0) is 25.7. The molecule has 16 nitrogen and oxygen atoms in total. The summed E-state index contributed by atoms with van der Waals surface area (Å²) in [6.07, 6.45) is 0. The van der Waals surface area contributed by atoms with Crippen molar-refractivity contribution in [2.75, 3.05) is 83.4 Å². The molecule has 188 valence electrons. The SMILES string of the molecule is COC(=O)CNc1nc(N(CC(=O)OC)CC(=O)OC)nc(N(CC(=O)OC)CC(=O)OC)n1. The van der Waals surface area contributed by atoms with Gasteiger partial charge in [0, 0.05) is 0 Å². The molecule has 0 aliphatic rings. The van der Waals surface area contributed by atoms with Gasteiger partial charge in [0.15, 0.2) is 0 Å². The van der Waals surface area contributed by atoms with Crippen LogP contribution in [0.1, 0.15) is 0 Å². The Morgan fingerprint density at radius 1 is 0.588 bits per heavy atom. The summed E-state index contributed by atoms with van der Waals surface area (Å²) in [5, 5.41) is 2.60. The van der Waals surface area contributed by atoms with Crippen LogP contribution in [0.5, 0.6) is 0 Å². The minimum Gasteiger partial charge on any atom is -0.468 e. The van der Waals surface area contributed by atoms with Crippen molar-refractivity contribution in [1.82, 2.24) is 15.0 Å². The molecule has 1 heterocycles. The van der Waals surface area contributed by atoms with Crippen LogP contribution in [-0.2, 0) is 47.7 Å². The average Bonchev–Trinajstić information content (AvgIpc) is 2.85. The van der Waals surface area contributed by atoms with Gasteiger partial charge in [-0.15, -0.1) is 0 Å². The molecule has 0 radical (unpaired) electrons. The van der Waals surface area contributed by atoms with E-state index >= 15 is 0 Å². The van der Waals surface area contributed by atoms with E-state index in [1.54, 1.807) is 0 Å². The smallest absolute Gasteiger partial charge is 0.325 e. The fourth-order valence-electron chi connectivity index (χ4n) is 2.22. The Labute approximate surface area is 194 Å². The minimum atomic E-state index is -0.726. The van der Waals surface area contributed by atoms with Crippen molar-refractivity contribution < 1.29 is 47.7 Å². The summed E-state index contributed by atoms with van der Waals surface area (Å²) in [6, 6.07) is 0. The minimum absolute atomic E-state index is 0.190. The molecule has 1 rings (SSSR count). The predicted molar refractivity (Wildman–Crippen MR) is 113 cm³/mol. The highest BCUT2D eigenvalue weighted by molar-refractivity contribution is 5.82. The molecule has 0 amide bonds. The lowest BCUT2D eigenvalue weighted by atomic mass is 10.4. The Hall–Kier alpha value is -4.24. The molecule has 1 aromatic heterocycles. The summed E-state index contributed by atoms with van der Waals surface area (Å²) >= 11 is 0. The van der Waals surface area contributed by atoms with Gasteiger partial charge >= 0.3 is 29.8 Å². The van der Waals surface area contributed by atoms with Crippen LogP contribution < -0.4 is 15.1 Å². The van der Waals surface area contributed by atoms with E-state index in [4.69, 9.17) is 0 Å². The van der Waals surface area contributed by atoms with Crippen LogP contribution in [0.15, 0.2) is 0 Å². The second kappa shape index (κ2) is 14.0. The van der Waals surface area contributed by atoms with Crippen molar-refractivity contribution >= 4 is 47.7 Å². The van der Waals surface area contributed by atoms with Crippen LogP contribution in [0, 0.1) is 0 Å². The number of ether oxygens (including phenoxy) is 5. The number of nitrogens with zero attached hydrogens (tertiary/aromatic N) is 5. The second-order valence-electron chi connectivity index (χ2n) is 6.21. The van der Waals surface area contributed by atoms with E-state index in [1.807, 2.05) is 0 Å². The van der Waals surface area contributed by atoms with Gasteiger partial charge in [-0.25, -0.2) is 0 Å². The van der Waals surface area contributed by atoms with Crippen LogP contribution in [-0.4, -0.2) is 113 Å². The molecule has 34 heavy (non-hydrogen) atoms. The lowest BCUT2D eigenvalue weighted by molar-refractivity contribution is -0.141. The van der Waals surface area contributed by atoms with Crippen LogP contribution in [0.25, 0.3) is 0 Å². The number of anilines is 3. The van der Waals surface area contributed by atoms with Crippen molar-refractivity contribution in [1.29, 1.82) is 0 Å². The molecule has 0 spiro atoms. The Balaban J connectivity index is 3.54. The van der Waals surface area contributed by atoms with E-state index in [-0.39, 0.29) is 24.4 Å². The number of methoxy groups -OCH3 is 5. The number of hydrogen-bond acceptors (Lipinski definition) is 16. The van der Waals surface area contributed by atoms with Gasteiger partial charge in [-0.3, -0.25) is 24.0 Å². The Morgan fingerprint density at radius 2 is 0.912 bits per heavy atom. The number of nitrogens with one attached hydrogen (secondary N) is 1. The molecule has 0 aliphatic heterocycles.